The van der Waals surface area contributed by atoms with E-state index in [2.05, 4.69) is 5.32 Å². The van der Waals surface area contributed by atoms with Gasteiger partial charge in [-0.3, -0.25) is 0 Å². The number of thiophene rings is 1. The highest BCUT2D eigenvalue weighted by Gasteiger charge is 2.05. The minimum absolute atomic E-state index is 0.188. The Morgan fingerprint density at radius 1 is 1.24 bits per heavy atom. The Bertz CT molecular complexity index is 640. The van der Waals surface area contributed by atoms with Gasteiger partial charge in [-0.05, 0) is 23.4 Å². The van der Waals surface area contributed by atoms with E-state index in [9.17, 15) is 13.2 Å². The summed E-state index contributed by atoms with van der Waals surface area (Å²) in [6.45, 7) is 0.472. The first kappa shape index (κ1) is 17.2. The fourth-order valence-electron chi connectivity index (χ4n) is 1.37. The van der Waals surface area contributed by atoms with Gasteiger partial charge in [0, 0.05) is 11.9 Å². The van der Waals surface area contributed by atoms with Gasteiger partial charge in [0.1, 0.15) is 0 Å². The highest BCUT2D eigenvalue weighted by Crippen LogP contribution is 2.09. The van der Waals surface area contributed by atoms with Gasteiger partial charge in [-0.25, -0.2) is 18.4 Å². The Balaban J connectivity index is 0.000000219. The number of primary sulfonamides is 1. The predicted molar refractivity (Wildman–Crippen MR) is 81.9 cm³/mol. The first-order valence-electron chi connectivity index (χ1n) is 5.95. The van der Waals surface area contributed by atoms with E-state index in [1.165, 1.54) is 22.8 Å². The molecule has 1 aromatic carbocycles. The van der Waals surface area contributed by atoms with Crippen molar-refractivity contribution < 1.29 is 18.3 Å². The Kier molecular flexibility index (Phi) is 6.86. The summed E-state index contributed by atoms with van der Waals surface area (Å²) >= 11 is 1.31. The fraction of sp³-hybridized carbons (Fsp3) is 0.154. The molecule has 8 heteroatoms. The molecule has 0 aliphatic rings. The van der Waals surface area contributed by atoms with Crippen molar-refractivity contribution in [2.75, 3.05) is 6.54 Å². The van der Waals surface area contributed by atoms with Crippen LogP contribution in [0.3, 0.4) is 0 Å². The lowest BCUT2D eigenvalue weighted by Gasteiger charge is -2.00. The second-order valence-electron chi connectivity index (χ2n) is 3.97. The maximum absolute atomic E-state index is 10.5. The van der Waals surface area contributed by atoms with Crippen LogP contribution in [0.4, 0.5) is 4.79 Å². The number of rotatable bonds is 4. The van der Waals surface area contributed by atoms with Gasteiger partial charge in [0.25, 0.3) is 0 Å². The maximum atomic E-state index is 10.5. The van der Waals surface area contributed by atoms with Crippen molar-refractivity contribution in [2.24, 2.45) is 5.14 Å². The number of hydrogen-bond donors (Lipinski definition) is 3. The van der Waals surface area contributed by atoms with E-state index in [0.29, 0.717) is 6.54 Å². The Hall–Kier alpha value is -1.90. The average Bonchev–Trinajstić information content (AvgIpc) is 2.94. The Morgan fingerprint density at radius 3 is 2.33 bits per heavy atom. The summed E-state index contributed by atoms with van der Waals surface area (Å²) in [4.78, 5) is 10.3. The van der Waals surface area contributed by atoms with Crippen LogP contribution in [-0.4, -0.2) is 26.2 Å². The first-order chi connectivity index (χ1) is 9.89. The lowest BCUT2D eigenvalue weighted by Crippen LogP contribution is -2.23. The third-order valence-electron chi connectivity index (χ3n) is 2.36. The molecule has 0 saturated carbocycles. The van der Waals surface area contributed by atoms with Crippen molar-refractivity contribution in [1.82, 2.24) is 5.32 Å². The Labute approximate surface area is 127 Å². The first-order valence-corrected chi connectivity index (χ1v) is 8.44. The van der Waals surface area contributed by atoms with Gasteiger partial charge < -0.3 is 10.4 Å². The van der Waals surface area contributed by atoms with E-state index in [0.717, 1.165) is 12.0 Å². The van der Waals surface area contributed by atoms with Gasteiger partial charge >= 0.3 is 6.09 Å². The summed E-state index contributed by atoms with van der Waals surface area (Å²) in [5.41, 5.74) is 1.14. The zero-order chi connectivity index (χ0) is 15.7. The molecule has 0 saturated heterocycles. The Morgan fingerprint density at radius 2 is 1.90 bits per heavy atom. The van der Waals surface area contributed by atoms with Gasteiger partial charge in [0.2, 0.25) is 10.0 Å². The minimum Gasteiger partial charge on any atom is -0.465 e. The molecule has 1 aromatic heterocycles. The number of amides is 1. The van der Waals surface area contributed by atoms with Crippen LogP contribution in [-0.2, 0) is 16.4 Å². The van der Waals surface area contributed by atoms with Gasteiger partial charge in [-0.15, -0.1) is 0 Å². The van der Waals surface area contributed by atoms with Crippen LogP contribution in [0, 0.1) is 0 Å². The monoisotopic (exact) mass is 328 g/mol. The van der Waals surface area contributed by atoms with Gasteiger partial charge in [-0.1, -0.05) is 30.3 Å². The normalized spacial score (nSPS) is 10.3. The number of benzene rings is 1. The standard InChI is InChI=1S/C9H11NO2.C4H5NO2S2/c11-9(12)10-7-6-8-4-2-1-3-5-8;5-9(6,7)4-1-2-8-3-4/h1-5,10H,6-7H2,(H,11,12);1-3H,(H2,5,6,7). The summed E-state index contributed by atoms with van der Waals surface area (Å²) in [7, 11) is -3.45. The predicted octanol–water partition coefficient (Wildman–Crippen LogP) is 1.89. The second-order valence-corrected chi connectivity index (χ2v) is 6.31. The molecule has 0 spiro atoms. The number of hydrogen-bond acceptors (Lipinski definition) is 4. The molecule has 0 radical (unpaired) electrons. The number of sulfonamides is 1. The molecule has 6 nitrogen and oxygen atoms in total. The molecular formula is C13H16N2O4S2. The lowest BCUT2D eigenvalue weighted by atomic mass is 10.1. The van der Waals surface area contributed by atoms with Crippen molar-refractivity contribution in [3.63, 3.8) is 0 Å². The molecule has 4 N–H and O–H groups in total. The van der Waals surface area contributed by atoms with Crippen molar-refractivity contribution in [3.8, 4) is 0 Å². The van der Waals surface area contributed by atoms with Crippen LogP contribution in [0.15, 0.2) is 52.1 Å². The van der Waals surface area contributed by atoms with Crippen LogP contribution in [0.2, 0.25) is 0 Å². The molecule has 0 aliphatic carbocycles. The summed E-state index contributed by atoms with van der Waals surface area (Å²) in [5, 5.41) is 18.5. The average molecular weight is 328 g/mol. The van der Waals surface area contributed by atoms with Crippen LogP contribution < -0.4 is 10.5 Å². The van der Waals surface area contributed by atoms with E-state index in [4.69, 9.17) is 10.2 Å². The molecule has 0 bridgehead atoms. The number of carbonyl (C=O) groups is 1. The van der Waals surface area contributed by atoms with Crippen molar-refractivity contribution >= 4 is 27.5 Å². The van der Waals surface area contributed by atoms with Crippen LogP contribution in [0.25, 0.3) is 0 Å². The molecular weight excluding hydrogens is 312 g/mol. The van der Waals surface area contributed by atoms with E-state index < -0.39 is 16.1 Å². The second kappa shape index (κ2) is 8.40. The summed E-state index contributed by atoms with van der Waals surface area (Å²) in [5.74, 6) is 0. The molecule has 1 heterocycles. The van der Waals surface area contributed by atoms with Crippen molar-refractivity contribution in [3.05, 3.63) is 52.7 Å². The van der Waals surface area contributed by atoms with E-state index in [1.807, 2.05) is 30.3 Å². The van der Waals surface area contributed by atoms with E-state index in [1.54, 1.807) is 5.38 Å². The molecule has 0 atom stereocenters. The molecule has 0 aliphatic heterocycles. The van der Waals surface area contributed by atoms with Crippen LogP contribution in [0.1, 0.15) is 5.56 Å². The minimum atomic E-state index is -3.45. The largest absolute Gasteiger partial charge is 0.465 e. The van der Waals surface area contributed by atoms with Crippen LogP contribution in [0.5, 0.6) is 0 Å². The fourth-order valence-corrected chi connectivity index (χ4v) is 2.94. The SMILES string of the molecule is NS(=O)(=O)c1ccsc1.O=C(O)NCCc1ccccc1. The zero-order valence-electron chi connectivity index (χ0n) is 11.1. The number of carboxylic acid groups (broad SMARTS) is 1. The maximum Gasteiger partial charge on any atom is 0.404 e. The van der Waals surface area contributed by atoms with Crippen molar-refractivity contribution in [1.29, 1.82) is 0 Å². The van der Waals surface area contributed by atoms with Crippen LogP contribution >= 0.6 is 11.3 Å². The van der Waals surface area contributed by atoms with Gasteiger partial charge in [0.05, 0.1) is 4.90 Å². The molecule has 2 aromatic rings. The third-order valence-corrected chi connectivity index (χ3v) is 4.10. The van der Waals surface area contributed by atoms with E-state index >= 15 is 0 Å². The third kappa shape index (κ3) is 7.45. The molecule has 1 amide bonds. The molecule has 0 fully saturated rings. The lowest BCUT2D eigenvalue weighted by molar-refractivity contribution is 0.194. The van der Waals surface area contributed by atoms with Gasteiger partial charge in [-0.2, -0.15) is 11.3 Å². The quantitative estimate of drug-likeness (QED) is 0.796. The summed E-state index contributed by atoms with van der Waals surface area (Å²) < 4.78 is 21.0. The topological polar surface area (TPSA) is 109 Å². The zero-order valence-corrected chi connectivity index (χ0v) is 12.7. The highest BCUT2D eigenvalue weighted by atomic mass is 32.2. The molecule has 114 valence electrons. The van der Waals surface area contributed by atoms with Crippen molar-refractivity contribution in [2.45, 2.75) is 11.3 Å². The summed E-state index contributed by atoms with van der Waals surface area (Å²) in [6.07, 6.45) is -0.224. The molecule has 21 heavy (non-hydrogen) atoms. The summed E-state index contributed by atoms with van der Waals surface area (Å²) in [6, 6.07) is 11.2. The molecule has 0 unspecified atom stereocenters. The van der Waals surface area contributed by atoms with E-state index in [-0.39, 0.29) is 4.90 Å². The highest BCUT2D eigenvalue weighted by molar-refractivity contribution is 7.89. The molecule has 2 rings (SSSR count). The number of nitrogens with two attached hydrogens (primary N) is 1. The number of nitrogens with one attached hydrogen (secondary N) is 1. The van der Waals surface area contributed by atoms with Gasteiger partial charge in [0.15, 0.2) is 0 Å². The smallest absolute Gasteiger partial charge is 0.404 e.